The maximum Gasteiger partial charge on any atom is 0.0337 e. The molecule has 1 aliphatic carbocycles. The van der Waals surface area contributed by atoms with Crippen LogP contribution in [-0.2, 0) is 0 Å². The Kier molecular flexibility index (Phi) is 3.01. The summed E-state index contributed by atoms with van der Waals surface area (Å²) in [6, 6.07) is 6.36. The predicted molar refractivity (Wildman–Crippen MR) is 66.0 cm³/mol. The molecule has 0 radical (unpaired) electrons. The van der Waals surface area contributed by atoms with Crippen LogP contribution in [0.5, 0.6) is 0 Å². The molecule has 0 aliphatic heterocycles. The Balaban J connectivity index is 2.26. The Morgan fingerprint density at radius 2 is 2.07 bits per heavy atom. The number of rotatable bonds is 2. The summed E-state index contributed by atoms with van der Waals surface area (Å²) in [7, 11) is 0. The minimum Gasteiger partial charge on any atom is -0.324 e. The topological polar surface area (TPSA) is 26.0 Å². The summed E-state index contributed by atoms with van der Waals surface area (Å²) in [6.45, 7) is 2.26. The summed E-state index contributed by atoms with van der Waals surface area (Å²) in [6.07, 6.45) is 1.26. The lowest BCUT2D eigenvalue weighted by molar-refractivity contribution is 0.591. The first kappa shape index (κ1) is 10.7. The first-order chi connectivity index (χ1) is 6.59. The van der Waals surface area contributed by atoms with Crippen LogP contribution in [-0.4, -0.2) is 0 Å². The second kappa shape index (κ2) is 3.95. The Bertz CT molecular complexity index is 351. The molecular weight excluding hydrogens is 306 g/mol. The van der Waals surface area contributed by atoms with Crippen LogP contribution in [0.15, 0.2) is 27.1 Å². The fourth-order valence-electron chi connectivity index (χ4n) is 1.85. The normalized spacial score (nSPS) is 27.4. The molecule has 0 heterocycles. The third-order valence-electron chi connectivity index (χ3n) is 2.95. The highest BCUT2D eigenvalue weighted by atomic mass is 79.9. The second-order valence-corrected chi connectivity index (χ2v) is 5.84. The van der Waals surface area contributed by atoms with Gasteiger partial charge in [0.15, 0.2) is 0 Å². The maximum absolute atomic E-state index is 6.21. The molecule has 76 valence electrons. The van der Waals surface area contributed by atoms with Crippen molar-refractivity contribution < 1.29 is 0 Å². The molecule has 0 bridgehead atoms. The Morgan fingerprint density at radius 3 is 2.64 bits per heavy atom. The van der Waals surface area contributed by atoms with Crippen molar-refractivity contribution in [3.63, 3.8) is 0 Å². The highest BCUT2D eigenvalue weighted by molar-refractivity contribution is 9.11. The molecule has 0 saturated heterocycles. The number of halogens is 2. The minimum atomic E-state index is 0.178. The van der Waals surface area contributed by atoms with E-state index in [1.165, 1.54) is 12.0 Å². The largest absolute Gasteiger partial charge is 0.324 e. The molecule has 1 aliphatic rings. The molecule has 1 saturated carbocycles. The molecule has 1 aromatic rings. The zero-order valence-electron chi connectivity index (χ0n) is 8.00. The number of hydrogen-bond acceptors (Lipinski definition) is 1. The molecule has 0 spiro atoms. The number of hydrogen-bond donors (Lipinski definition) is 1. The van der Waals surface area contributed by atoms with Gasteiger partial charge in [-0.05, 0) is 42.0 Å². The van der Waals surface area contributed by atoms with E-state index in [0.29, 0.717) is 5.92 Å². The van der Waals surface area contributed by atoms with Gasteiger partial charge in [-0.1, -0.05) is 38.8 Å². The monoisotopic (exact) mass is 317 g/mol. The summed E-state index contributed by atoms with van der Waals surface area (Å²) in [4.78, 5) is 0. The molecule has 2 rings (SSSR count). The van der Waals surface area contributed by atoms with Crippen molar-refractivity contribution in [2.45, 2.75) is 19.4 Å². The van der Waals surface area contributed by atoms with E-state index >= 15 is 0 Å². The minimum absolute atomic E-state index is 0.178. The van der Waals surface area contributed by atoms with Gasteiger partial charge in [0.05, 0.1) is 0 Å². The average Bonchev–Trinajstić information content (AvgIpc) is 2.86. The lowest BCUT2D eigenvalue weighted by Crippen LogP contribution is -2.14. The number of nitrogens with two attached hydrogens (primary N) is 1. The highest BCUT2D eigenvalue weighted by Crippen LogP contribution is 2.47. The van der Waals surface area contributed by atoms with Gasteiger partial charge in [-0.3, -0.25) is 0 Å². The lowest BCUT2D eigenvalue weighted by atomic mass is 10.0. The lowest BCUT2D eigenvalue weighted by Gasteiger charge is -2.13. The van der Waals surface area contributed by atoms with Crippen LogP contribution in [0.25, 0.3) is 0 Å². The maximum atomic E-state index is 6.21. The molecule has 0 aromatic heterocycles. The van der Waals surface area contributed by atoms with Crippen molar-refractivity contribution in [1.82, 2.24) is 0 Å². The van der Waals surface area contributed by atoms with Crippen LogP contribution in [0.3, 0.4) is 0 Å². The van der Waals surface area contributed by atoms with Gasteiger partial charge < -0.3 is 5.73 Å². The fraction of sp³-hybridized carbons (Fsp3) is 0.455. The summed E-state index contributed by atoms with van der Waals surface area (Å²) in [5, 5.41) is 0. The van der Waals surface area contributed by atoms with Gasteiger partial charge >= 0.3 is 0 Å². The van der Waals surface area contributed by atoms with Gasteiger partial charge in [0.25, 0.3) is 0 Å². The zero-order chi connectivity index (χ0) is 10.3. The molecule has 3 atom stereocenters. The third kappa shape index (κ3) is 2.05. The summed E-state index contributed by atoms with van der Waals surface area (Å²) in [5.41, 5.74) is 7.43. The van der Waals surface area contributed by atoms with Crippen molar-refractivity contribution >= 4 is 31.9 Å². The molecular formula is C11H13Br2N. The van der Waals surface area contributed by atoms with Gasteiger partial charge in [0, 0.05) is 15.0 Å². The summed E-state index contributed by atoms with van der Waals surface area (Å²) < 4.78 is 2.21. The zero-order valence-corrected chi connectivity index (χ0v) is 11.2. The van der Waals surface area contributed by atoms with Crippen molar-refractivity contribution in [3.05, 3.63) is 32.7 Å². The standard InChI is InChI=1S/C11H13Br2N/c1-6-4-8(6)11(14)9-5-7(12)2-3-10(9)13/h2-3,5-6,8,11H,4,14H2,1H3. The van der Waals surface area contributed by atoms with E-state index in [9.17, 15) is 0 Å². The summed E-state index contributed by atoms with van der Waals surface area (Å²) in [5.74, 6) is 1.46. The van der Waals surface area contributed by atoms with Crippen molar-refractivity contribution in [2.24, 2.45) is 17.6 Å². The molecule has 1 nitrogen and oxygen atoms in total. The van der Waals surface area contributed by atoms with Gasteiger partial charge in [0.1, 0.15) is 0 Å². The molecule has 2 N–H and O–H groups in total. The van der Waals surface area contributed by atoms with Gasteiger partial charge in [-0.15, -0.1) is 0 Å². The first-order valence-electron chi connectivity index (χ1n) is 4.80. The van der Waals surface area contributed by atoms with Crippen LogP contribution < -0.4 is 5.73 Å². The predicted octanol–water partition coefficient (Wildman–Crippen LogP) is 3.87. The van der Waals surface area contributed by atoms with Gasteiger partial charge in [-0.25, -0.2) is 0 Å². The fourth-order valence-corrected chi connectivity index (χ4v) is 2.74. The first-order valence-corrected chi connectivity index (χ1v) is 6.38. The number of benzene rings is 1. The van der Waals surface area contributed by atoms with Crippen molar-refractivity contribution in [2.75, 3.05) is 0 Å². The smallest absolute Gasteiger partial charge is 0.0337 e. The van der Waals surface area contributed by atoms with Crippen LogP contribution in [0, 0.1) is 11.8 Å². The van der Waals surface area contributed by atoms with E-state index in [0.717, 1.165) is 14.9 Å². The molecule has 3 heteroatoms. The Morgan fingerprint density at radius 1 is 1.43 bits per heavy atom. The quantitative estimate of drug-likeness (QED) is 0.880. The van der Waals surface area contributed by atoms with E-state index in [2.05, 4.69) is 44.8 Å². The molecule has 1 fully saturated rings. The van der Waals surface area contributed by atoms with E-state index in [4.69, 9.17) is 5.73 Å². The molecule has 1 aromatic carbocycles. The SMILES string of the molecule is CC1CC1C(N)c1cc(Br)ccc1Br. The van der Waals surface area contributed by atoms with Crippen LogP contribution >= 0.6 is 31.9 Å². The van der Waals surface area contributed by atoms with E-state index < -0.39 is 0 Å². The molecule has 3 unspecified atom stereocenters. The van der Waals surface area contributed by atoms with Crippen LogP contribution in [0.2, 0.25) is 0 Å². The van der Waals surface area contributed by atoms with Crippen LogP contribution in [0.1, 0.15) is 24.9 Å². The highest BCUT2D eigenvalue weighted by Gasteiger charge is 2.38. The van der Waals surface area contributed by atoms with Crippen LogP contribution in [0.4, 0.5) is 0 Å². The Hall–Kier alpha value is 0.140. The van der Waals surface area contributed by atoms with Crippen molar-refractivity contribution in [3.8, 4) is 0 Å². The molecule has 0 amide bonds. The van der Waals surface area contributed by atoms with Gasteiger partial charge in [-0.2, -0.15) is 0 Å². The second-order valence-electron chi connectivity index (χ2n) is 4.07. The molecule has 14 heavy (non-hydrogen) atoms. The van der Waals surface area contributed by atoms with E-state index in [-0.39, 0.29) is 6.04 Å². The third-order valence-corrected chi connectivity index (χ3v) is 4.17. The van der Waals surface area contributed by atoms with Crippen molar-refractivity contribution in [1.29, 1.82) is 0 Å². The summed E-state index contributed by atoms with van der Waals surface area (Å²) >= 11 is 7.02. The van der Waals surface area contributed by atoms with Gasteiger partial charge in [0.2, 0.25) is 0 Å². The van der Waals surface area contributed by atoms with E-state index in [1.807, 2.05) is 12.1 Å². The average molecular weight is 319 g/mol. The Labute approximate surface area is 101 Å². The van der Waals surface area contributed by atoms with E-state index in [1.54, 1.807) is 0 Å².